The molecule has 1 fully saturated rings. The predicted molar refractivity (Wildman–Crippen MR) is 83.8 cm³/mol. The summed E-state index contributed by atoms with van der Waals surface area (Å²) in [4.78, 5) is 20.2. The quantitative estimate of drug-likeness (QED) is 0.799. The van der Waals surface area contributed by atoms with Crippen LogP contribution in [-0.2, 0) is 0 Å². The number of benzene rings is 1. The molecule has 0 atom stereocenters. The van der Waals surface area contributed by atoms with Crippen LogP contribution in [0.15, 0.2) is 42.6 Å². The van der Waals surface area contributed by atoms with Crippen LogP contribution >= 0.6 is 11.6 Å². The Bertz CT molecular complexity index is 687. The maximum atomic E-state index is 13.2. The third-order valence-electron chi connectivity index (χ3n) is 3.71. The maximum Gasteiger partial charge on any atom is 0.254 e. The first-order valence-electron chi connectivity index (χ1n) is 7.05. The molecular formula is C16H15ClFN3O. The minimum absolute atomic E-state index is 0.132. The van der Waals surface area contributed by atoms with E-state index in [4.69, 9.17) is 11.6 Å². The minimum atomic E-state index is -0.393. The van der Waals surface area contributed by atoms with Gasteiger partial charge in [-0.25, -0.2) is 9.37 Å². The second-order valence-electron chi connectivity index (χ2n) is 5.13. The summed E-state index contributed by atoms with van der Waals surface area (Å²) in [7, 11) is 0. The third kappa shape index (κ3) is 3.20. The Kier molecular flexibility index (Phi) is 4.24. The van der Waals surface area contributed by atoms with Gasteiger partial charge in [0.05, 0.1) is 0 Å². The number of aromatic nitrogens is 1. The summed E-state index contributed by atoms with van der Waals surface area (Å²) < 4.78 is 13.2. The van der Waals surface area contributed by atoms with Gasteiger partial charge < -0.3 is 9.80 Å². The molecule has 1 aromatic carbocycles. The SMILES string of the molecule is O=C(c1cccc(F)c1)N1CCN(c2ccnc(Cl)c2)CC1. The molecule has 1 saturated heterocycles. The average molecular weight is 320 g/mol. The first-order chi connectivity index (χ1) is 10.6. The summed E-state index contributed by atoms with van der Waals surface area (Å²) in [6.45, 7) is 2.60. The monoisotopic (exact) mass is 319 g/mol. The van der Waals surface area contributed by atoms with Crippen molar-refractivity contribution in [3.8, 4) is 0 Å². The van der Waals surface area contributed by atoms with Crippen molar-refractivity contribution in [2.45, 2.75) is 0 Å². The van der Waals surface area contributed by atoms with Gasteiger partial charge >= 0.3 is 0 Å². The van der Waals surface area contributed by atoms with Gasteiger partial charge in [0.25, 0.3) is 5.91 Å². The Hall–Kier alpha value is -2.14. The van der Waals surface area contributed by atoms with Crippen molar-refractivity contribution in [2.24, 2.45) is 0 Å². The Morgan fingerprint density at radius 2 is 1.91 bits per heavy atom. The van der Waals surface area contributed by atoms with Crippen molar-refractivity contribution >= 4 is 23.2 Å². The van der Waals surface area contributed by atoms with E-state index in [0.717, 1.165) is 5.69 Å². The Morgan fingerprint density at radius 1 is 1.14 bits per heavy atom. The Balaban J connectivity index is 1.65. The zero-order chi connectivity index (χ0) is 15.5. The van der Waals surface area contributed by atoms with Crippen LogP contribution in [-0.4, -0.2) is 42.0 Å². The van der Waals surface area contributed by atoms with Gasteiger partial charge in [-0.3, -0.25) is 4.79 Å². The largest absolute Gasteiger partial charge is 0.368 e. The van der Waals surface area contributed by atoms with E-state index in [-0.39, 0.29) is 5.91 Å². The molecule has 0 unspecified atom stereocenters. The second kappa shape index (κ2) is 6.32. The number of pyridine rings is 1. The molecule has 2 heterocycles. The highest BCUT2D eigenvalue weighted by atomic mass is 35.5. The highest BCUT2D eigenvalue weighted by Crippen LogP contribution is 2.19. The lowest BCUT2D eigenvalue weighted by molar-refractivity contribution is 0.0746. The van der Waals surface area contributed by atoms with Gasteiger partial charge in [-0.2, -0.15) is 0 Å². The van der Waals surface area contributed by atoms with Crippen LogP contribution in [0.5, 0.6) is 0 Å². The van der Waals surface area contributed by atoms with Crippen LogP contribution in [0, 0.1) is 5.82 Å². The molecule has 22 heavy (non-hydrogen) atoms. The van der Waals surface area contributed by atoms with Gasteiger partial charge in [0.2, 0.25) is 0 Å². The molecule has 114 valence electrons. The van der Waals surface area contributed by atoms with E-state index >= 15 is 0 Å². The molecule has 2 aromatic rings. The number of rotatable bonds is 2. The van der Waals surface area contributed by atoms with Crippen LogP contribution in [0.4, 0.5) is 10.1 Å². The number of hydrogen-bond donors (Lipinski definition) is 0. The summed E-state index contributed by atoms with van der Waals surface area (Å²) in [5, 5.41) is 0.454. The van der Waals surface area contributed by atoms with Crippen LogP contribution in [0.1, 0.15) is 10.4 Å². The third-order valence-corrected chi connectivity index (χ3v) is 3.92. The first-order valence-corrected chi connectivity index (χ1v) is 7.42. The van der Waals surface area contributed by atoms with E-state index < -0.39 is 5.82 Å². The van der Waals surface area contributed by atoms with Crippen LogP contribution in [0.25, 0.3) is 0 Å². The maximum absolute atomic E-state index is 13.2. The van der Waals surface area contributed by atoms with Crippen LogP contribution in [0.3, 0.4) is 0 Å². The molecular weight excluding hydrogens is 305 g/mol. The number of halogens is 2. The molecule has 4 nitrogen and oxygen atoms in total. The highest BCUT2D eigenvalue weighted by molar-refractivity contribution is 6.29. The standard InChI is InChI=1S/C16H15ClFN3O/c17-15-11-14(4-5-19-15)20-6-8-21(9-7-20)16(22)12-2-1-3-13(18)10-12/h1-5,10-11H,6-9H2. The fourth-order valence-corrected chi connectivity index (χ4v) is 2.73. The molecule has 0 spiro atoms. The van der Waals surface area contributed by atoms with E-state index in [2.05, 4.69) is 9.88 Å². The zero-order valence-electron chi connectivity index (χ0n) is 11.9. The number of anilines is 1. The lowest BCUT2D eigenvalue weighted by atomic mass is 10.1. The number of amides is 1. The smallest absolute Gasteiger partial charge is 0.254 e. The van der Waals surface area contributed by atoms with Gasteiger partial charge in [0, 0.05) is 43.6 Å². The number of carbonyl (C=O) groups is 1. The van der Waals surface area contributed by atoms with Crippen LogP contribution < -0.4 is 4.90 Å². The highest BCUT2D eigenvalue weighted by Gasteiger charge is 2.22. The van der Waals surface area contributed by atoms with Gasteiger partial charge in [-0.05, 0) is 30.3 Å². The Labute approximate surface area is 133 Å². The van der Waals surface area contributed by atoms with Crippen LogP contribution in [0.2, 0.25) is 5.15 Å². The topological polar surface area (TPSA) is 36.4 Å². The molecule has 3 rings (SSSR count). The number of hydrogen-bond acceptors (Lipinski definition) is 3. The van der Waals surface area contributed by atoms with Gasteiger partial charge in [-0.1, -0.05) is 17.7 Å². The molecule has 0 saturated carbocycles. The first kappa shape index (κ1) is 14.8. The average Bonchev–Trinajstić information content (AvgIpc) is 2.54. The summed E-state index contributed by atoms with van der Waals surface area (Å²) >= 11 is 5.90. The lowest BCUT2D eigenvalue weighted by Gasteiger charge is -2.36. The van der Waals surface area contributed by atoms with Crippen molar-refractivity contribution in [3.63, 3.8) is 0 Å². The molecule has 6 heteroatoms. The minimum Gasteiger partial charge on any atom is -0.368 e. The van der Waals surface area contributed by atoms with Gasteiger partial charge in [-0.15, -0.1) is 0 Å². The lowest BCUT2D eigenvalue weighted by Crippen LogP contribution is -2.48. The van der Waals surface area contributed by atoms with E-state index in [9.17, 15) is 9.18 Å². The van der Waals surface area contributed by atoms with Crippen molar-refractivity contribution in [2.75, 3.05) is 31.1 Å². The molecule has 0 aliphatic carbocycles. The predicted octanol–water partition coefficient (Wildman–Crippen LogP) is 2.84. The molecule has 1 aromatic heterocycles. The molecule has 0 bridgehead atoms. The summed E-state index contributed by atoms with van der Waals surface area (Å²) in [5.74, 6) is -0.525. The normalized spacial score (nSPS) is 15.0. The van der Waals surface area contributed by atoms with Gasteiger partial charge in [0.15, 0.2) is 0 Å². The molecule has 1 amide bonds. The summed E-state index contributed by atoms with van der Waals surface area (Å²) in [5.41, 5.74) is 1.39. The fourth-order valence-electron chi connectivity index (χ4n) is 2.56. The van der Waals surface area contributed by atoms with Crippen molar-refractivity contribution in [1.82, 2.24) is 9.88 Å². The molecule has 0 radical (unpaired) electrons. The number of nitrogens with zero attached hydrogens (tertiary/aromatic N) is 3. The second-order valence-corrected chi connectivity index (χ2v) is 5.51. The number of carbonyl (C=O) groups excluding carboxylic acids is 1. The molecule has 1 aliphatic heterocycles. The Morgan fingerprint density at radius 3 is 2.59 bits per heavy atom. The van der Waals surface area contributed by atoms with E-state index in [1.165, 1.54) is 12.1 Å². The number of piperazine rings is 1. The summed E-state index contributed by atoms with van der Waals surface area (Å²) in [6, 6.07) is 9.51. The van der Waals surface area contributed by atoms with E-state index in [1.807, 2.05) is 12.1 Å². The summed E-state index contributed by atoms with van der Waals surface area (Å²) in [6.07, 6.45) is 1.67. The van der Waals surface area contributed by atoms with Crippen molar-refractivity contribution in [3.05, 3.63) is 59.1 Å². The molecule has 0 N–H and O–H groups in total. The van der Waals surface area contributed by atoms with E-state index in [0.29, 0.717) is 36.9 Å². The zero-order valence-corrected chi connectivity index (χ0v) is 12.6. The van der Waals surface area contributed by atoms with Gasteiger partial charge in [0.1, 0.15) is 11.0 Å². The van der Waals surface area contributed by atoms with Crippen molar-refractivity contribution in [1.29, 1.82) is 0 Å². The fraction of sp³-hybridized carbons (Fsp3) is 0.250. The molecule has 1 aliphatic rings. The van der Waals surface area contributed by atoms with Crippen molar-refractivity contribution < 1.29 is 9.18 Å². The van der Waals surface area contributed by atoms with E-state index in [1.54, 1.807) is 23.2 Å².